The van der Waals surface area contributed by atoms with Gasteiger partial charge in [0.2, 0.25) is 5.91 Å². The number of nitrogens with zero attached hydrogens (tertiary/aromatic N) is 2. The van der Waals surface area contributed by atoms with Gasteiger partial charge >= 0.3 is 6.18 Å². The molecule has 0 atom stereocenters. The van der Waals surface area contributed by atoms with Crippen LogP contribution in [0.4, 0.5) is 24.5 Å². The van der Waals surface area contributed by atoms with Crippen LogP contribution < -0.4 is 15.0 Å². The van der Waals surface area contributed by atoms with Crippen LogP contribution in [0.1, 0.15) is 36.8 Å². The second-order valence-electron chi connectivity index (χ2n) is 8.65. The summed E-state index contributed by atoms with van der Waals surface area (Å²) in [6.07, 6.45) is 0.0663. The van der Waals surface area contributed by atoms with Crippen molar-refractivity contribution in [1.29, 1.82) is 0 Å². The smallest absolute Gasteiger partial charge is 0.416 e. The number of benzene rings is 2. The number of rotatable bonds is 8. The minimum Gasteiger partial charge on any atom is -0.494 e. The molecule has 8 heteroatoms. The predicted molar refractivity (Wildman–Crippen MR) is 123 cm³/mol. The number of ether oxygens (including phenoxy) is 1. The Hall–Kier alpha value is -2.74. The van der Waals surface area contributed by atoms with E-state index in [1.807, 2.05) is 23.1 Å². The van der Waals surface area contributed by atoms with Gasteiger partial charge in [-0.05, 0) is 62.1 Å². The Morgan fingerprint density at radius 3 is 2.55 bits per heavy atom. The third kappa shape index (κ3) is 6.41. The molecule has 2 heterocycles. The number of amides is 1. The summed E-state index contributed by atoms with van der Waals surface area (Å²) in [6, 6.07) is 11.5. The number of aryl methyl sites for hydroxylation is 1. The monoisotopic (exact) mass is 461 g/mol. The normalized spacial score (nSPS) is 16.9. The highest BCUT2D eigenvalue weighted by Crippen LogP contribution is 2.32. The molecule has 0 aliphatic carbocycles. The number of alkyl halides is 3. The van der Waals surface area contributed by atoms with Gasteiger partial charge in [-0.15, -0.1) is 0 Å². The molecule has 0 spiro atoms. The summed E-state index contributed by atoms with van der Waals surface area (Å²) < 4.78 is 44.7. The zero-order valence-electron chi connectivity index (χ0n) is 18.7. The van der Waals surface area contributed by atoms with Gasteiger partial charge in [-0.2, -0.15) is 13.2 Å². The number of carbonyl (C=O) groups is 1. The average molecular weight is 462 g/mol. The van der Waals surface area contributed by atoms with Crippen molar-refractivity contribution in [3.05, 3.63) is 53.6 Å². The Morgan fingerprint density at radius 1 is 0.939 bits per heavy atom. The number of anilines is 2. The second-order valence-corrected chi connectivity index (χ2v) is 8.65. The van der Waals surface area contributed by atoms with E-state index in [0.29, 0.717) is 18.7 Å². The van der Waals surface area contributed by atoms with Crippen molar-refractivity contribution in [3.8, 4) is 5.75 Å². The van der Waals surface area contributed by atoms with Gasteiger partial charge in [0.05, 0.1) is 12.2 Å². The fourth-order valence-corrected chi connectivity index (χ4v) is 4.35. The Labute approximate surface area is 192 Å². The zero-order chi connectivity index (χ0) is 23.3. The van der Waals surface area contributed by atoms with Gasteiger partial charge < -0.3 is 15.0 Å². The first-order valence-electron chi connectivity index (χ1n) is 11.6. The number of carbonyl (C=O) groups excluding carboxylic acids is 1. The van der Waals surface area contributed by atoms with E-state index in [1.165, 1.54) is 12.1 Å². The molecule has 2 aromatic rings. The quantitative estimate of drug-likeness (QED) is 0.565. The van der Waals surface area contributed by atoms with Crippen molar-refractivity contribution in [2.45, 2.75) is 38.3 Å². The van der Waals surface area contributed by atoms with E-state index in [4.69, 9.17) is 4.74 Å². The van der Waals surface area contributed by atoms with Gasteiger partial charge in [0.15, 0.2) is 0 Å². The van der Waals surface area contributed by atoms with Crippen LogP contribution in [0.2, 0.25) is 0 Å². The van der Waals surface area contributed by atoms with Crippen molar-refractivity contribution in [2.75, 3.05) is 49.5 Å². The number of nitrogens with one attached hydrogen (secondary N) is 1. The molecule has 0 saturated carbocycles. The second kappa shape index (κ2) is 10.5. The highest BCUT2D eigenvalue weighted by atomic mass is 19.4. The van der Waals surface area contributed by atoms with Crippen LogP contribution in [0.3, 0.4) is 0 Å². The predicted octanol–water partition coefficient (Wildman–Crippen LogP) is 4.96. The molecule has 1 fully saturated rings. The molecule has 2 aliphatic heterocycles. The molecule has 0 bridgehead atoms. The first kappa shape index (κ1) is 23.4. The fraction of sp³-hybridized carbons (Fsp3) is 0.480. The summed E-state index contributed by atoms with van der Waals surface area (Å²) >= 11 is 0. The minimum absolute atomic E-state index is 0.0512. The number of halogens is 3. The molecule has 4 rings (SSSR count). The van der Waals surface area contributed by atoms with E-state index in [2.05, 4.69) is 10.2 Å². The van der Waals surface area contributed by atoms with Crippen LogP contribution >= 0.6 is 0 Å². The highest BCUT2D eigenvalue weighted by Gasteiger charge is 2.31. The minimum atomic E-state index is -4.31. The Kier molecular flexibility index (Phi) is 7.42. The van der Waals surface area contributed by atoms with Crippen molar-refractivity contribution in [3.63, 3.8) is 0 Å². The molecule has 2 aliphatic rings. The number of hydrogen-bond donors (Lipinski definition) is 1. The van der Waals surface area contributed by atoms with Crippen LogP contribution in [0.15, 0.2) is 42.5 Å². The average Bonchev–Trinajstić information content (AvgIpc) is 2.81. The van der Waals surface area contributed by atoms with Crippen LogP contribution in [-0.4, -0.2) is 50.1 Å². The third-order valence-corrected chi connectivity index (χ3v) is 6.28. The van der Waals surface area contributed by atoms with Gasteiger partial charge in [-0.25, -0.2) is 0 Å². The summed E-state index contributed by atoms with van der Waals surface area (Å²) in [5, 5.41) is 2.89. The van der Waals surface area contributed by atoms with Crippen molar-refractivity contribution < 1.29 is 22.7 Å². The van der Waals surface area contributed by atoms with E-state index >= 15 is 0 Å². The van der Waals surface area contributed by atoms with Crippen LogP contribution in [0.5, 0.6) is 5.75 Å². The molecular weight excluding hydrogens is 431 g/mol. The Bertz CT molecular complexity index is 956. The molecule has 1 amide bonds. The topological polar surface area (TPSA) is 44.8 Å². The summed E-state index contributed by atoms with van der Waals surface area (Å²) in [4.78, 5) is 15.9. The van der Waals surface area contributed by atoms with Crippen LogP contribution in [0.25, 0.3) is 0 Å². The van der Waals surface area contributed by atoms with E-state index in [9.17, 15) is 18.0 Å². The number of piperazine rings is 1. The van der Waals surface area contributed by atoms with E-state index in [0.717, 1.165) is 81.5 Å². The first-order valence-corrected chi connectivity index (χ1v) is 11.6. The van der Waals surface area contributed by atoms with Crippen LogP contribution in [0, 0.1) is 0 Å². The lowest BCUT2D eigenvalue weighted by Gasteiger charge is -2.36. The van der Waals surface area contributed by atoms with Gasteiger partial charge in [-0.3, -0.25) is 9.69 Å². The van der Waals surface area contributed by atoms with Crippen molar-refractivity contribution >= 4 is 17.3 Å². The van der Waals surface area contributed by atoms with Gasteiger partial charge in [0.1, 0.15) is 5.75 Å². The molecule has 1 saturated heterocycles. The summed E-state index contributed by atoms with van der Waals surface area (Å²) in [7, 11) is 0. The van der Waals surface area contributed by atoms with E-state index < -0.39 is 11.7 Å². The summed E-state index contributed by atoms with van der Waals surface area (Å²) in [6.45, 7) is 4.80. The van der Waals surface area contributed by atoms with Crippen molar-refractivity contribution in [1.82, 2.24) is 4.90 Å². The molecule has 33 heavy (non-hydrogen) atoms. The molecular formula is C25H30F3N3O2. The number of unbranched alkanes of at least 4 members (excludes halogenated alkanes) is 2. The molecule has 5 nitrogen and oxygen atoms in total. The lowest BCUT2D eigenvalue weighted by Crippen LogP contribution is -2.46. The summed E-state index contributed by atoms with van der Waals surface area (Å²) in [5.74, 6) is 0.831. The first-order chi connectivity index (χ1) is 15.9. The van der Waals surface area contributed by atoms with E-state index in [-0.39, 0.29) is 5.91 Å². The maximum Gasteiger partial charge on any atom is 0.416 e. The Balaban J connectivity index is 1.12. The third-order valence-electron chi connectivity index (χ3n) is 6.28. The fourth-order valence-electron chi connectivity index (χ4n) is 4.35. The van der Waals surface area contributed by atoms with Gasteiger partial charge in [0, 0.05) is 50.0 Å². The largest absolute Gasteiger partial charge is 0.494 e. The molecule has 1 N–H and O–H groups in total. The lowest BCUT2D eigenvalue weighted by atomic mass is 10.0. The maximum atomic E-state index is 13.0. The van der Waals surface area contributed by atoms with Gasteiger partial charge in [-0.1, -0.05) is 12.1 Å². The molecule has 0 unspecified atom stereocenters. The molecule has 0 radical (unpaired) electrons. The zero-order valence-corrected chi connectivity index (χ0v) is 18.7. The molecule has 0 aromatic heterocycles. The van der Waals surface area contributed by atoms with E-state index in [1.54, 1.807) is 6.07 Å². The SMILES string of the molecule is O=C1CCc2ccc(OCCCCCN3CCN(c4cccc(C(F)(F)F)c4)CC3)cc2N1. The molecule has 178 valence electrons. The lowest BCUT2D eigenvalue weighted by molar-refractivity contribution is -0.137. The maximum absolute atomic E-state index is 13.0. The number of fused-ring (bicyclic) bond motifs is 1. The summed E-state index contributed by atoms with van der Waals surface area (Å²) in [5.41, 5.74) is 2.05. The Morgan fingerprint density at radius 2 is 1.76 bits per heavy atom. The highest BCUT2D eigenvalue weighted by molar-refractivity contribution is 5.94. The number of hydrogen-bond acceptors (Lipinski definition) is 4. The standard InChI is InChI=1S/C25H30F3N3O2/c26-25(27,28)20-5-4-6-21(17-20)31-14-12-30(13-15-31)11-2-1-3-16-33-22-9-7-19-8-10-24(32)29-23(19)18-22/h4-7,9,17-18H,1-3,8,10-16H2,(H,29,32). The molecule has 2 aromatic carbocycles. The van der Waals surface area contributed by atoms with Crippen LogP contribution in [-0.2, 0) is 17.4 Å². The van der Waals surface area contributed by atoms with Crippen molar-refractivity contribution in [2.24, 2.45) is 0 Å². The van der Waals surface area contributed by atoms with Gasteiger partial charge in [0.25, 0.3) is 0 Å².